The monoisotopic (exact) mass is 337 g/mol. The number of nitrogens with zero attached hydrogens (tertiary/aromatic N) is 1. The van der Waals surface area contributed by atoms with Gasteiger partial charge in [0.15, 0.2) is 0 Å². The first-order valence-electron chi connectivity index (χ1n) is 6.33. The van der Waals surface area contributed by atoms with Crippen LogP contribution in [-0.4, -0.2) is 47.4 Å². The third-order valence-corrected chi connectivity index (χ3v) is 6.25. The first-order valence-corrected chi connectivity index (χ1v) is 9.16. The van der Waals surface area contributed by atoms with Crippen LogP contribution in [0.1, 0.15) is 12.8 Å². The van der Waals surface area contributed by atoms with Crippen molar-refractivity contribution in [2.24, 2.45) is 0 Å². The van der Waals surface area contributed by atoms with Crippen molar-refractivity contribution in [3.8, 4) is 0 Å². The van der Waals surface area contributed by atoms with Gasteiger partial charge in [0, 0.05) is 26.3 Å². The standard InChI is InChI=1S/C12H16FNO5S2/c1-14(10-6-8-19-9-7-10)21(17,18)12-4-2-11(3-5-12)20(13,15)16/h2-5,10H,6-9H2,1H3. The van der Waals surface area contributed by atoms with Gasteiger partial charge < -0.3 is 4.74 Å². The van der Waals surface area contributed by atoms with E-state index in [1.807, 2.05) is 0 Å². The number of sulfonamides is 1. The van der Waals surface area contributed by atoms with E-state index >= 15 is 0 Å². The average molecular weight is 337 g/mol. The van der Waals surface area contributed by atoms with E-state index in [0.29, 0.717) is 26.1 Å². The maximum absolute atomic E-state index is 12.8. The summed E-state index contributed by atoms with van der Waals surface area (Å²) in [4.78, 5) is -0.626. The van der Waals surface area contributed by atoms with Gasteiger partial charge in [0.05, 0.1) is 9.79 Å². The van der Waals surface area contributed by atoms with Gasteiger partial charge in [0.1, 0.15) is 0 Å². The van der Waals surface area contributed by atoms with Crippen molar-refractivity contribution in [1.29, 1.82) is 0 Å². The highest BCUT2D eigenvalue weighted by Gasteiger charge is 2.29. The highest BCUT2D eigenvalue weighted by Crippen LogP contribution is 2.23. The van der Waals surface area contributed by atoms with E-state index in [-0.39, 0.29) is 10.9 Å². The third-order valence-electron chi connectivity index (χ3n) is 3.49. The van der Waals surface area contributed by atoms with Gasteiger partial charge in [0.25, 0.3) is 0 Å². The van der Waals surface area contributed by atoms with Crippen LogP contribution in [0.3, 0.4) is 0 Å². The molecule has 0 spiro atoms. The van der Waals surface area contributed by atoms with Gasteiger partial charge in [-0.2, -0.15) is 12.7 Å². The molecule has 1 aromatic carbocycles. The Morgan fingerprint density at radius 2 is 1.52 bits per heavy atom. The normalized spacial score (nSPS) is 18.0. The maximum Gasteiger partial charge on any atom is 0.332 e. The zero-order valence-corrected chi connectivity index (χ0v) is 13.0. The van der Waals surface area contributed by atoms with Crippen LogP contribution >= 0.6 is 0 Å². The molecule has 1 aliphatic heterocycles. The fourth-order valence-corrected chi connectivity index (χ4v) is 4.06. The fourth-order valence-electron chi connectivity index (χ4n) is 2.19. The van der Waals surface area contributed by atoms with E-state index in [4.69, 9.17) is 4.74 Å². The molecular formula is C12H16FNO5S2. The summed E-state index contributed by atoms with van der Waals surface area (Å²) in [5, 5.41) is 0. The second-order valence-electron chi connectivity index (χ2n) is 4.77. The molecule has 9 heteroatoms. The summed E-state index contributed by atoms with van der Waals surface area (Å²) in [6.07, 6.45) is 1.21. The smallest absolute Gasteiger partial charge is 0.332 e. The zero-order valence-electron chi connectivity index (χ0n) is 11.4. The van der Waals surface area contributed by atoms with Crippen molar-refractivity contribution in [1.82, 2.24) is 4.31 Å². The van der Waals surface area contributed by atoms with Crippen LogP contribution in [0.2, 0.25) is 0 Å². The number of hydrogen-bond donors (Lipinski definition) is 0. The van der Waals surface area contributed by atoms with Crippen molar-refractivity contribution in [3.05, 3.63) is 24.3 Å². The van der Waals surface area contributed by atoms with Crippen molar-refractivity contribution in [3.63, 3.8) is 0 Å². The molecule has 21 heavy (non-hydrogen) atoms. The Labute approximate surface area is 123 Å². The van der Waals surface area contributed by atoms with E-state index in [2.05, 4.69) is 0 Å². The summed E-state index contributed by atoms with van der Waals surface area (Å²) < 4.78 is 65.6. The molecule has 1 fully saturated rings. The van der Waals surface area contributed by atoms with E-state index in [9.17, 15) is 20.7 Å². The lowest BCUT2D eigenvalue weighted by atomic mass is 10.1. The van der Waals surface area contributed by atoms with Gasteiger partial charge in [-0.15, -0.1) is 3.89 Å². The van der Waals surface area contributed by atoms with Gasteiger partial charge in [-0.1, -0.05) is 0 Å². The van der Waals surface area contributed by atoms with Crippen molar-refractivity contribution < 1.29 is 25.5 Å². The summed E-state index contributed by atoms with van der Waals surface area (Å²) in [7, 11) is -7.09. The number of halogens is 1. The molecular weight excluding hydrogens is 321 g/mol. The summed E-state index contributed by atoms with van der Waals surface area (Å²) in [6, 6.07) is 3.92. The Bertz CT molecular complexity index is 694. The van der Waals surface area contributed by atoms with E-state index in [1.54, 1.807) is 0 Å². The van der Waals surface area contributed by atoms with Crippen molar-refractivity contribution in [2.75, 3.05) is 20.3 Å². The topological polar surface area (TPSA) is 80.8 Å². The Morgan fingerprint density at radius 1 is 1.05 bits per heavy atom. The zero-order chi connectivity index (χ0) is 15.7. The molecule has 2 rings (SSSR count). The maximum atomic E-state index is 12.8. The van der Waals surface area contributed by atoms with Crippen LogP contribution in [-0.2, 0) is 25.0 Å². The first kappa shape index (κ1) is 16.3. The quantitative estimate of drug-likeness (QED) is 0.770. The van der Waals surface area contributed by atoms with Crippen molar-refractivity contribution in [2.45, 2.75) is 28.7 Å². The summed E-state index contributed by atoms with van der Waals surface area (Å²) in [5.41, 5.74) is 0. The SMILES string of the molecule is CN(C1CCOCC1)S(=O)(=O)c1ccc(S(=O)(=O)F)cc1. The minimum atomic E-state index is -4.83. The van der Waals surface area contributed by atoms with E-state index in [0.717, 1.165) is 24.3 Å². The summed E-state index contributed by atoms with van der Waals surface area (Å²) >= 11 is 0. The minimum absolute atomic E-state index is 0.0658. The molecule has 1 saturated heterocycles. The molecule has 0 saturated carbocycles. The second-order valence-corrected chi connectivity index (χ2v) is 8.12. The molecule has 0 aliphatic carbocycles. The molecule has 118 valence electrons. The highest BCUT2D eigenvalue weighted by molar-refractivity contribution is 7.89. The molecule has 0 unspecified atom stereocenters. The molecule has 1 aromatic rings. The molecule has 1 heterocycles. The highest BCUT2D eigenvalue weighted by atomic mass is 32.3. The van der Waals surface area contributed by atoms with E-state index in [1.165, 1.54) is 11.4 Å². The Hall–Kier alpha value is -1.03. The largest absolute Gasteiger partial charge is 0.381 e. The molecule has 0 aromatic heterocycles. The van der Waals surface area contributed by atoms with E-state index < -0.39 is 25.1 Å². The van der Waals surface area contributed by atoms with Crippen LogP contribution in [0.5, 0.6) is 0 Å². The van der Waals surface area contributed by atoms with Gasteiger partial charge in [-0.05, 0) is 37.1 Å². The van der Waals surface area contributed by atoms with Crippen LogP contribution in [0.15, 0.2) is 34.1 Å². The van der Waals surface area contributed by atoms with Crippen LogP contribution in [0.25, 0.3) is 0 Å². The summed E-state index contributed by atoms with van der Waals surface area (Å²) in [6.45, 7) is 1.01. The molecule has 0 atom stereocenters. The number of rotatable bonds is 4. The van der Waals surface area contributed by atoms with Crippen molar-refractivity contribution >= 4 is 20.2 Å². The molecule has 0 radical (unpaired) electrons. The van der Waals surface area contributed by atoms with Crippen LogP contribution < -0.4 is 0 Å². The molecule has 0 bridgehead atoms. The number of ether oxygens (including phenoxy) is 1. The molecule has 0 N–H and O–H groups in total. The second kappa shape index (κ2) is 5.99. The lowest BCUT2D eigenvalue weighted by Gasteiger charge is -2.30. The van der Waals surface area contributed by atoms with Gasteiger partial charge in [-0.25, -0.2) is 8.42 Å². The molecule has 0 amide bonds. The predicted octanol–water partition coefficient (Wildman–Crippen LogP) is 1.14. The van der Waals surface area contributed by atoms with Crippen LogP contribution in [0, 0.1) is 0 Å². The fraction of sp³-hybridized carbons (Fsp3) is 0.500. The Balaban J connectivity index is 2.26. The number of hydrogen-bond acceptors (Lipinski definition) is 5. The molecule has 1 aliphatic rings. The molecule has 6 nitrogen and oxygen atoms in total. The van der Waals surface area contributed by atoms with Gasteiger partial charge in [0.2, 0.25) is 10.0 Å². The minimum Gasteiger partial charge on any atom is -0.381 e. The number of benzene rings is 1. The summed E-state index contributed by atoms with van der Waals surface area (Å²) in [5.74, 6) is 0. The predicted molar refractivity (Wildman–Crippen MR) is 73.5 cm³/mol. The first-order chi connectivity index (χ1) is 9.73. The van der Waals surface area contributed by atoms with Gasteiger partial charge >= 0.3 is 10.2 Å². The lowest BCUT2D eigenvalue weighted by Crippen LogP contribution is -2.40. The third kappa shape index (κ3) is 3.60. The lowest BCUT2D eigenvalue weighted by molar-refractivity contribution is 0.0632. The average Bonchev–Trinajstić information content (AvgIpc) is 2.46. The van der Waals surface area contributed by atoms with Crippen LogP contribution in [0.4, 0.5) is 3.89 Å². The van der Waals surface area contributed by atoms with Gasteiger partial charge in [-0.3, -0.25) is 0 Å². The Morgan fingerprint density at radius 3 is 2.00 bits per heavy atom. The Kier molecular flexibility index (Phi) is 4.66.